The Balaban J connectivity index is 2.31. The van der Waals surface area contributed by atoms with Crippen LogP contribution in [0.5, 0.6) is 0 Å². The zero-order valence-electron chi connectivity index (χ0n) is 8.89. The van der Waals surface area contributed by atoms with Gasteiger partial charge in [0.25, 0.3) is 0 Å². The van der Waals surface area contributed by atoms with E-state index in [0.717, 1.165) is 19.5 Å². The predicted molar refractivity (Wildman–Crippen MR) is 62.8 cm³/mol. The van der Waals surface area contributed by atoms with Crippen molar-refractivity contribution in [2.24, 2.45) is 0 Å². The average Bonchev–Trinajstić information content (AvgIpc) is 2.17. The molecule has 2 heteroatoms. The predicted octanol–water partition coefficient (Wildman–Crippen LogP) is 3.10. The molecule has 0 bridgehead atoms. The van der Waals surface area contributed by atoms with Crippen LogP contribution in [0, 0.1) is 6.92 Å². The van der Waals surface area contributed by atoms with Crippen LogP contribution >= 0.6 is 11.6 Å². The van der Waals surface area contributed by atoms with Crippen LogP contribution < -0.4 is 5.32 Å². The van der Waals surface area contributed by atoms with E-state index in [4.69, 9.17) is 11.6 Å². The molecule has 0 saturated carbocycles. The van der Waals surface area contributed by atoms with Crippen molar-refractivity contribution < 1.29 is 0 Å². The molecule has 0 spiro atoms. The number of rotatable bonds is 5. The van der Waals surface area contributed by atoms with Gasteiger partial charge in [0, 0.05) is 18.5 Å². The number of hydrogen-bond acceptors (Lipinski definition) is 1. The number of aryl methyl sites for hydroxylation is 1. The maximum absolute atomic E-state index is 6.00. The molecule has 0 aliphatic heterocycles. The second-order valence-corrected chi connectivity index (χ2v) is 4.24. The van der Waals surface area contributed by atoms with Crippen LogP contribution in [0.1, 0.15) is 24.5 Å². The molecule has 1 N–H and O–H groups in total. The highest BCUT2D eigenvalue weighted by Crippen LogP contribution is 2.04. The minimum atomic E-state index is 0.250. The van der Waals surface area contributed by atoms with Crippen LogP contribution in [0.4, 0.5) is 0 Å². The van der Waals surface area contributed by atoms with Crippen LogP contribution in [-0.4, -0.2) is 11.9 Å². The first-order valence-electron chi connectivity index (χ1n) is 5.12. The fourth-order valence-electron chi connectivity index (χ4n) is 1.34. The lowest BCUT2D eigenvalue weighted by molar-refractivity contribution is 0.647. The van der Waals surface area contributed by atoms with Gasteiger partial charge >= 0.3 is 0 Å². The van der Waals surface area contributed by atoms with Crippen molar-refractivity contribution in [3.05, 3.63) is 35.4 Å². The molecule has 1 atom stereocenters. The number of alkyl halides is 1. The first-order chi connectivity index (χ1) is 6.72. The Morgan fingerprint density at radius 2 is 2.21 bits per heavy atom. The third kappa shape index (κ3) is 4.12. The molecule has 0 fully saturated rings. The van der Waals surface area contributed by atoms with E-state index in [1.165, 1.54) is 11.1 Å². The lowest BCUT2D eigenvalue weighted by atomic mass is 10.1. The fourth-order valence-corrected chi connectivity index (χ4v) is 1.45. The quantitative estimate of drug-likeness (QED) is 0.739. The van der Waals surface area contributed by atoms with Crippen molar-refractivity contribution in [2.45, 2.75) is 32.2 Å². The zero-order valence-corrected chi connectivity index (χ0v) is 9.64. The largest absolute Gasteiger partial charge is 0.311 e. The number of halogens is 1. The standard InChI is InChI=1S/C12H18ClN/c1-3-12(13)9-14-8-11-6-4-5-10(2)7-11/h4-7,12,14H,3,8-9H2,1-2H3. The van der Waals surface area contributed by atoms with Crippen molar-refractivity contribution >= 4 is 11.6 Å². The monoisotopic (exact) mass is 211 g/mol. The van der Waals surface area contributed by atoms with Gasteiger partial charge in [-0.05, 0) is 18.9 Å². The molecular weight excluding hydrogens is 194 g/mol. The molecular formula is C12H18ClN. The summed E-state index contributed by atoms with van der Waals surface area (Å²) in [5.74, 6) is 0. The summed E-state index contributed by atoms with van der Waals surface area (Å²) in [4.78, 5) is 0. The van der Waals surface area contributed by atoms with Crippen molar-refractivity contribution in [3.8, 4) is 0 Å². The highest BCUT2D eigenvalue weighted by Gasteiger charge is 1.99. The van der Waals surface area contributed by atoms with Gasteiger partial charge in [0.2, 0.25) is 0 Å². The highest BCUT2D eigenvalue weighted by atomic mass is 35.5. The van der Waals surface area contributed by atoms with Crippen LogP contribution in [0.2, 0.25) is 0 Å². The average molecular weight is 212 g/mol. The van der Waals surface area contributed by atoms with Crippen LogP contribution in [0.3, 0.4) is 0 Å². The SMILES string of the molecule is CCC(Cl)CNCc1cccc(C)c1. The second kappa shape index (κ2) is 6.05. The van der Waals surface area contributed by atoms with E-state index in [0.29, 0.717) is 0 Å². The Hall–Kier alpha value is -0.530. The molecule has 0 aliphatic rings. The topological polar surface area (TPSA) is 12.0 Å². The highest BCUT2D eigenvalue weighted by molar-refractivity contribution is 6.20. The van der Waals surface area contributed by atoms with Crippen LogP contribution in [0.25, 0.3) is 0 Å². The summed E-state index contributed by atoms with van der Waals surface area (Å²) in [7, 11) is 0. The molecule has 0 heterocycles. The summed E-state index contributed by atoms with van der Waals surface area (Å²) in [5, 5.41) is 3.60. The molecule has 1 rings (SSSR count). The fraction of sp³-hybridized carbons (Fsp3) is 0.500. The molecule has 1 aromatic rings. The normalized spacial score (nSPS) is 12.8. The van der Waals surface area contributed by atoms with Gasteiger partial charge in [0.1, 0.15) is 0 Å². The Morgan fingerprint density at radius 1 is 1.43 bits per heavy atom. The van der Waals surface area contributed by atoms with Gasteiger partial charge in [-0.25, -0.2) is 0 Å². The van der Waals surface area contributed by atoms with E-state index in [2.05, 4.69) is 43.4 Å². The molecule has 14 heavy (non-hydrogen) atoms. The summed E-state index contributed by atoms with van der Waals surface area (Å²) in [6, 6.07) is 8.53. The number of hydrogen-bond donors (Lipinski definition) is 1. The third-order valence-electron chi connectivity index (χ3n) is 2.22. The van der Waals surface area contributed by atoms with Gasteiger partial charge in [0.05, 0.1) is 0 Å². The van der Waals surface area contributed by atoms with Crippen molar-refractivity contribution in [3.63, 3.8) is 0 Å². The first kappa shape index (κ1) is 11.5. The van der Waals surface area contributed by atoms with Gasteiger partial charge in [-0.2, -0.15) is 0 Å². The van der Waals surface area contributed by atoms with E-state index >= 15 is 0 Å². The van der Waals surface area contributed by atoms with Gasteiger partial charge in [0.15, 0.2) is 0 Å². The summed E-state index contributed by atoms with van der Waals surface area (Å²) >= 11 is 6.00. The number of nitrogens with one attached hydrogen (secondary N) is 1. The third-order valence-corrected chi connectivity index (χ3v) is 2.68. The minimum absolute atomic E-state index is 0.250. The number of benzene rings is 1. The maximum Gasteiger partial charge on any atom is 0.0458 e. The van der Waals surface area contributed by atoms with Crippen molar-refractivity contribution in [2.75, 3.05) is 6.54 Å². The maximum atomic E-state index is 6.00. The summed E-state index contributed by atoms with van der Waals surface area (Å²) in [5.41, 5.74) is 2.63. The van der Waals surface area contributed by atoms with Crippen molar-refractivity contribution in [1.82, 2.24) is 5.32 Å². The van der Waals surface area contributed by atoms with Gasteiger partial charge in [-0.1, -0.05) is 36.8 Å². The van der Waals surface area contributed by atoms with E-state index in [1.54, 1.807) is 0 Å². The molecule has 1 unspecified atom stereocenters. The van der Waals surface area contributed by atoms with Gasteiger partial charge in [-0.3, -0.25) is 0 Å². The van der Waals surface area contributed by atoms with E-state index < -0.39 is 0 Å². The van der Waals surface area contributed by atoms with Crippen molar-refractivity contribution in [1.29, 1.82) is 0 Å². The van der Waals surface area contributed by atoms with E-state index in [-0.39, 0.29) is 5.38 Å². The summed E-state index contributed by atoms with van der Waals surface area (Å²) in [6.45, 7) is 6.00. The Bertz CT molecular complexity index is 273. The van der Waals surface area contributed by atoms with E-state index in [9.17, 15) is 0 Å². The minimum Gasteiger partial charge on any atom is -0.311 e. The first-order valence-corrected chi connectivity index (χ1v) is 5.56. The molecule has 0 aromatic heterocycles. The smallest absolute Gasteiger partial charge is 0.0458 e. The van der Waals surface area contributed by atoms with E-state index in [1.807, 2.05) is 0 Å². The second-order valence-electron chi connectivity index (χ2n) is 3.63. The molecule has 0 saturated heterocycles. The lowest BCUT2D eigenvalue weighted by Crippen LogP contribution is -2.22. The van der Waals surface area contributed by atoms with Crippen LogP contribution in [0.15, 0.2) is 24.3 Å². The van der Waals surface area contributed by atoms with Gasteiger partial charge < -0.3 is 5.32 Å². The zero-order chi connectivity index (χ0) is 10.4. The van der Waals surface area contributed by atoms with Crippen LogP contribution in [-0.2, 0) is 6.54 Å². The molecule has 0 aliphatic carbocycles. The Kier molecular flexibility index (Phi) is 4.99. The molecule has 1 nitrogen and oxygen atoms in total. The molecule has 0 radical (unpaired) electrons. The summed E-state index contributed by atoms with van der Waals surface area (Å²) in [6.07, 6.45) is 1.02. The summed E-state index contributed by atoms with van der Waals surface area (Å²) < 4.78 is 0. The molecule has 0 amide bonds. The molecule has 1 aromatic carbocycles. The Morgan fingerprint density at radius 3 is 2.86 bits per heavy atom. The molecule has 78 valence electrons. The Labute approximate surface area is 91.5 Å². The lowest BCUT2D eigenvalue weighted by Gasteiger charge is -2.08. The van der Waals surface area contributed by atoms with Gasteiger partial charge in [-0.15, -0.1) is 11.6 Å².